The third-order valence-electron chi connectivity index (χ3n) is 5.70. The molecule has 0 bridgehead atoms. The first kappa shape index (κ1) is 19.9. The lowest BCUT2D eigenvalue weighted by atomic mass is 10.0. The van der Waals surface area contributed by atoms with Crippen LogP contribution in [0.15, 0.2) is 67.4 Å². The molecule has 0 saturated heterocycles. The number of hydrogen-bond acceptors (Lipinski definition) is 6. The smallest absolute Gasteiger partial charge is 0.181 e. The van der Waals surface area contributed by atoms with E-state index in [2.05, 4.69) is 30.1 Å². The van der Waals surface area contributed by atoms with Crippen LogP contribution in [0.5, 0.6) is 11.5 Å². The van der Waals surface area contributed by atoms with E-state index in [9.17, 15) is 9.50 Å². The zero-order chi connectivity index (χ0) is 23.2. The Morgan fingerprint density at radius 1 is 0.853 bits per heavy atom. The minimum Gasteiger partial charge on any atom is -0.506 e. The van der Waals surface area contributed by atoms with Crippen LogP contribution in [-0.4, -0.2) is 42.3 Å². The van der Waals surface area contributed by atoms with Crippen LogP contribution in [-0.2, 0) is 0 Å². The summed E-state index contributed by atoms with van der Waals surface area (Å²) in [5, 5.41) is 18.9. The molecule has 0 unspecified atom stereocenters. The number of nitrogens with one attached hydrogen (secondary N) is 2. The molecule has 0 aliphatic rings. The Bertz CT molecular complexity index is 1690. The van der Waals surface area contributed by atoms with Crippen molar-refractivity contribution in [1.29, 1.82) is 0 Å². The number of fused-ring (bicyclic) bond motifs is 2. The van der Waals surface area contributed by atoms with Crippen molar-refractivity contribution in [3.63, 3.8) is 0 Å². The summed E-state index contributed by atoms with van der Waals surface area (Å²) < 4.78 is 19.4. The highest BCUT2D eigenvalue weighted by atomic mass is 19.1. The topological polar surface area (TPSA) is 113 Å². The predicted molar refractivity (Wildman–Crippen MR) is 126 cm³/mol. The van der Waals surface area contributed by atoms with Gasteiger partial charge in [0.1, 0.15) is 17.3 Å². The van der Waals surface area contributed by atoms with E-state index in [4.69, 9.17) is 4.74 Å². The number of aromatic hydroxyl groups is 1. The fourth-order valence-electron chi connectivity index (χ4n) is 4.10. The van der Waals surface area contributed by atoms with Crippen molar-refractivity contribution >= 4 is 21.9 Å². The van der Waals surface area contributed by atoms with Crippen LogP contribution in [0.4, 0.5) is 4.39 Å². The first-order valence-corrected chi connectivity index (χ1v) is 10.4. The first-order valence-electron chi connectivity index (χ1n) is 10.4. The molecule has 3 N–H and O–H groups in total. The molecule has 34 heavy (non-hydrogen) atoms. The summed E-state index contributed by atoms with van der Waals surface area (Å²) >= 11 is 0. The van der Waals surface area contributed by atoms with Crippen LogP contribution in [0.1, 0.15) is 0 Å². The van der Waals surface area contributed by atoms with Crippen LogP contribution in [0.2, 0.25) is 0 Å². The lowest BCUT2D eigenvalue weighted by Gasteiger charge is -2.06. The number of H-pyrrole nitrogens is 2. The zero-order valence-electron chi connectivity index (χ0n) is 17.9. The summed E-state index contributed by atoms with van der Waals surface area (Å²) in [4.78, 5) is 16.2. The molecule has 5 heterocycles. The number of ether oxygens (including phenoxy) is 1. The molecule has 5 aromatic heterocycles. The Hall–Kier alpha value is -4.79. The number of rotatable bonds is 4. The van der Waals surface area contributed by atoms with Crippen molar-refractivity contribution in [2.45, 2.75) is 0 Å². The van der Waals surface area contributed by atoms with E-state index in [0.717, 1.165) is 44.4 Å². The molecule has 0 aliphatic carbocycles. The normalized spacial score (nSPS) is 11.4. The molecule has 0 atom stereocenters. The van der Waals surface area contributed by atoms with Crippen molar-refractivity contribution in [1.82, 2.24) is 30.1 Å². The maximum Gasteiger partial charge on any atom is 0.181 e. The Morgan fingerprint density at radius 2 is 1.71 bits per heavy atom. The number of nitrogens with zero attached hydrogens (tertiary/aromatic N) is 4. The molecule has 0 spiro atoms. The maximum absolute atomic E-state index is 14.2. The van der Waals surface area contributed by atoms with Gasteiger partial charge in [-0.1, -0.05) is 0 Å². The van der Waals surface area contributed by atoms with Gasteiger partial charge in [-0.3, -0.25) is 15.1 Å². The van der Waals surface area contributed by atoms with Crippen molar-refractivity contribution in [3.05, 3.63) is 73.2 Å². The lowest BCUT2D eigenvalue weighted by molar-refractivity contribution is 0.411. The number of pyridine rings is 3. The van der Waals surface area contributed by atoms with Crippen molar-refractivity contribution in [2.75, 3.05) is 7.11 Å². The van der Waals surface area contributed by atoms with Gasteiger partial charge in [0.2, 0.25) is 0 Å². The van der Waals surface area contributed by atoms with Gasteiger partial charge in [0, 0.05) is 52.1 Å². The number of hydrogen-bond donors (Lipinski definition) is 3. The number of halogens is 1. The van der Waals surface area contributed by atoms with E-state index in [1.165, 1.54) is 25.4 Å². The minimum atomic E-state index is -0.387. The molecule has 6 rings (SSSR count). The van der Waals surface area contributed by atoms with Crippen molar-refractivity contribution in [2.24, 2.45) is 0 Å². The molecule has 1 aromatic carbocycles. The molecule has 9 heteroatoms. The number of aromatic nitrogens is 6. The molecule has 8 nitrogen and oxygen atoms in total. The molecule has 0 amide bonds. The van der Waals surface area contributed by atoms with E-state index >= 15 is 0 Å². The summed E-state index contributed by atoms with van der Waals surface area (Å²) in [5.74, 6) is 0.124. The standard InChI is InChI=1S/C25H17FN6O2/c1-34-18-4-13(2-16(26)6-18)21-11-28-12-23-19(21)7-22(30-23)24-20-5-15(9-29-25(20)32-31-24)14-3-17(33)10-27-8-14/h2-12,30,33H,1H3,(H,29,31,32). The van der Waals surface area contributed by atoms with Gasteiger partial charge in [-0.15, -0.1) is 0 Å². The van der Waals surface area contributed by atoms with Crippen LogP contribution >= 0.6 is 0 Å². The van der Waals surface area contributed by atoms with Gasteiger partial charge in [-0.25, -0.2) is 9.37 Å². The van der Waals surface area contributed by atoms with Crippen molar-refractivity contribution in [3.8, 4) is 45.1 Å². The number of benzene rings is 1. The van der Waals surface area contributed by atoms with Gasteiger partial charge in [0.25, 0.3) is 0 Å². The van der Waals surface area contributed by atoms with Crippen LogP contribution in [0.25, 0.3) is 55.6 Å². The van der Waals surface area contributed by atoms with Gasteiger partial charge in [0.05, 0.1) is 36.4 Å². The molecule has 0 saturated carbocycles. The molecule has 6 aromatic rings. The van der Waals surface area contributed by atoms with E-state index in [-0.39, 0.29) is 11.6 Å². The SMILES string of the molecule is COc1cc(F)cc(-c2cncc3[nH]c(-c4[nH]nc5ncc(-c6cncc(O)c6)cc45)cc23)c1. The quantitative estimate of drug-likeness (QED) is 0.344. The number of methoxy groups -OCH3 is 1. The fourth-order valence-corrected chi connectivity index (χ4v) is 4.10. The highest BCUT2D eigenvalue weighted by molar-refractivity contribution is 6.00. The zero-order valence-corrected chi connectivity index (χ0v) is 17.9. The lowest BCUT2D eigenvalue weighted by Crippen LogP contribution is -1.88. The molecular formula is C25H17FN6O2. The van der Waals surface area contributed by atoms with Gasteiger partial charge < -0.3 is 14.8 Å². The second kappa shape index (κ2) is 7.66. The first-order chi connectivity index (χ1) is 16.6. The predicted octanol–water partition coefficient (Wildman–Crippen LogP) is 5.08. The summed E-state index contributed by atoms with van der Waals surface area (Å²) in [7, 11) is 1.50. The van der Waals surface area contributed by atoms with Gasteiger partial charge >= 0.3 is 0 Å². The second-order valence-electron chi connectivity index (χ2n) is 7.84. The Balaban J connectivity index is 1.50. The average molecular weight is 452 g/mol. The Morgan fingerprint density at radius 3 is 2.56 bits per heavy atom. The summed E-state index contributed by atoms with van der Waals surface area (Å²) in [6, 6.07) is 10.1. The van der Waals surface area contributed by atoms with Gasteiger partial charge in [0.15, 0.2) is 5.65 Å². The molecule has 0 aliphatic heterocycles. The van der Waals surface area contributed by atoms with E-state index < -0.39 is 0 Å². The van der Waals surface area contributed by atoms with Crippen LogP contribution in [0.3, 0.4) is 0 Å². The average Bonchev–Trinajstić information content (AvgIpc) is 3.47. The molecule has 0 radical (unpaired) electrons. The van der Waals surface area contributed by atoms with Gasteiger partial charge in [-0.05, 0) is 35.9 Å². The monoisotopic (exact) mass is 452 g/mol. The molecule has 0 fully saturated rings. The van der Waals surface area contributed by atoms with Gasteiger partial charge in [-0.2, -0.15) is 5.10 Å². The van der Waals surface area contributed by atoms with E-state index in [0.29, 0.717) is 17.0 Å². The summed E-state index contributed by atoms with van der Waals surface area (Å²) in [6.45, 7) is 0. The highest BCUT2D eigenvalue weighted by Gasteiger charge is 2.16. The molecular weight excluding hydrogens is 435 g/mol. The largest absolute Gasteiger partial charge is 0.506 e. The highest BCUT2D eigenvalue weighted by Crippen LogP contribution is 2.35. The summed E-state index contributed by atoms with van der Waals surface area (Å²) in [6.07, 6.45) is 8.15. The molecule has 166 valence electrons. The third kappa shape index (κ3) is 3.30. The number of aromatic amines is 2. The Kier molecular flexibility index (Phi) is 4.48. The second-order valence-corrected chi connectivity index (χ2v) is 7.84. The Labute approximate surface area is 192 Å². The fraction of sp³-hybridized carbons (Fsp3) is 0.0400. The maximum atomic E-state index is 14.2. The minimum absolute atomic E-state index is 0.0784. The third-order valence-corrected chi connectivity index (χ3v) is 5.70. The summed E-state index contributed by atoms with van der Waals surface area (Å²) in [5.41, 5.74) is 5.84. The van der Waals surface area contributed by atoms with Crippen LogP contribution < -0.4 is 4.74 Å². The van der Waals surface area contributed by atoms with Crippen LogP contribution in [0, 0.1) is 5.82 Å². The van der Waals surface area contributed by atoms with E-state index in [1.54, 1.807) is 36.9 Å². The van der Waals surface area contributed by atoms with E-state index in [1.807, 2.05) is 12.1 Å². The van der Waals surface area contributed by atoms with Crippen molar-refractivity contribution < 1.29 is 14.2 Å².